The first-order chi connectivity index (χ1) is 11.0. The lowest BCUT2D eigenvalue weighted by atomic mass is 9.83. The van der Waals surface area contributed by atoms with Crippen molar-refractivity contribution in [2.24, 2.45) is 5.92 Å². The molecule has 1 aromatic rings. The van der Waals surface area contributed by atoms with Gasteiger partial charge in [-0.2, -0.15) is 0 Å². The number of aromatic nitrogens is 1. The molecule has 0 aliphatic carbocycles. The van der Waals surface area contributed by atoms with Gasteiger partial charge in [-0.05, 0) is 19.1 Å². The molecule has 1 aromatic heterocycles. The molecule has 23 heavy (non-hydrogen) atoms. The van der Waals surface area contributed by atoms with E-state index in [1.165, 1.54) is 16.7 Å². The zero-order chi connectivity index (χ0) is 16.6. The molecule has 3 rings (SSSR count). The van der Waals surface area contributed by atoms with Crippen LogP contribution in [0, 0.1) is 5.92 Å². The molecule has 8 heteroatoms. The van der Waals surface area contributed by atoms with E-state index in [1.807, 2.05) is 12.1 Å². The summed E-state index contributed by atoms with van der Waals surface area (Å²) in [4.78, 5) is 30.7. The van der Waals surface area contributed by atoms with Crippen LogP contribution in [0.15, 0.2) is 40.0 Å². The summed E-state index contributed by atoms with van der Waals surface area (Å²) in [5.74, 6) is -1.86. The molecular weight excluding hydrogens is 336 g/mol. The summed E-state index contributed by atoms with van der Waals surface area (Å²) in [5, 5.41) is 19.8. The van der Waals surface area contributed by atoms with Crippen LogP contribution in [0.2, 0.25) is 0 Å². The Morgan fingerprint density at radius 3 is 2.74 bits per heavy atom. The quantitative estimate of drug-likeness (QED) is 0.458. The summed E-state index contributed by atoms with van der Waals surface area (Å²) >= 11 is 3.04. The summed E-state index contributed by atoms with van der Waals surface area (Å²) in [6.07, 6.45) is 3.17. The fourth-order valence-electron chi connectivity index (χ4n) is 2.96. The van der Waals surface area contributed by atoms with Crippen molar-refractivity contribution in [2.75, 3.05) is 5.08 Å². The molecule has 0 bridgehead atoms. The van der Waals surface area contributed by atoms with Crippen LogP contribution in [0.1, 0.15) is 13.3 Å². The Balaban J connectivity index is 1.69. The average molecular weight is 352 g/mol. The van der Waals surface area contributed by atoms with Crippen LogP contribution in [0.25, 0.3) is 0 Å². The fourth-order valence-corrected chi connectivity index (χ4v) is 5.24. The van der Waals surface area contributed by atoms with E-state index in [4.69, 9.17) is 0 Å². The number of aliphatic hydroxyl groups is 1. The molecule has 3 atom stereocenters. The number of aliphatic hydroxyl groups excluding tert-OH is 1. The second-order valence-corrected chi connectivity index (χ2v) is 7.90. The maximum Gasteiger partial charge on any atom is 0.353 e. The minimum atomic E-state index is -1.08. The first-order valence-electron chi connectivity index (χ1n) is 7.14. The topological polar surface area (TPSA) is 90.7 Å². The molecular formula is C15H16N2O4S2. The summed E-state index contributed by atoms with van der Waals surface area (Å²) < 4.78 is 0. The van der Waals surface area contributed by atoms with Gasteiger partial charge >= 0.3 is 5.97 Å². The minimum Gasteiger partial charge on any atom is -0.477 e. The molecule has 0 spiro atoms. The van der Waals surface area contributed by atoms with E-state index in [9.17, 15) is 19.8 Å². The number of pyridine rings is 1. The molecule has 2 aliphatic rings. The molecule has 0 aromatic carbocycles. The summed E-state index contributed by atoms with van der Waals surface area (Å²) in [7, 11) is 0. The van der Waals surface area contributed by atoms with E-state index in [1.54, 1.807) is 31.1 Å². The number of β-lactam (4-membered cyclic amide) rings is 1. The Hall–Kier alpha value is -1.51. The first kappa shape index (κ1) is 16.4. The Morgan fingerprint density at radius 2 is 2.13 bits per heavy atom. The third-order valence-electron chi connectivity index (χ3n) is 4.00. The largest absolute Gasteiger partial charge is 0.477 e. The van der Waals surface area contributed by atoms with Crippen LogP contribution in [-0.4, -0.2) is 49.2 Å². The van der Waals surface area contributed by atoms with E-state index in [2.05, 4.69) is 4.98 Å². The van der Waals surface area contributed by atoms with Crippen LogP contribution in [0.5, 0.6) is 0 Å². The van der Waals surface area contributed by atoms with Crippen LogP contribution < -0.4 is 0 Å². The highest BCUT2D eigenvalue weighted by Gasteiger charge is 2.56. The van der Waals surface area contributed by atoms with Gasteiger partial charge in [0.1, 0.15) is 5.70 Å². The van der Waals surface area contributed by atoms with Crippen molar-refractivity contribution in [3.8, 4) is 0 Å². The summed E-state index contributed by atoms with van der Waals surface area (Å²) in [6, 6.07) is 3.57. The molecule has 2 aliphatic heterocycles. The van der Waals surface area contributed by atoms with Crippen molar-refractivity contribution in [1.29, 1.82) is 0 Å². The molecule has 0 saturated carbocycles. The van der Waals surface area contributed by atoms with Crippen molar-refractivity contribution in [3.63, 3.8) is 0 Å². The Bertz CT molecular complexity index is 663. The molecule has 1 saturated heterocycles. The number of thioether (sulfide) groups is 2. The van der Waals surface area contributed by atoms with Gasteiger partial charge < -0.3 is 15.1 Å². The zero-order valence-electron chi connectivity index (χ0n) is 12.4. The van der Waals surface area contributed by atoms with Gasteiger partial charge in [-0.3, -0.25) is 9.78 Å². The predicted octanol–water partition coefficient (Wildman–Crippen LogP) is 1.77. The molecule has 3 heterocycles. The SMILES string of the molecule is C[C@@H](O)[C@H]1C(=O)N2C(C(=O)O)=C(SCSc3ccncc3)C[C@H]12. The van der Waals surface area contributed by atoms with Gasteiger partial charge in [0.05, 0.1) is 18.1 Å². The van der Waals surface area contributed by atoms with Gasteiger partial charge in [0.15, 0.2) is 0 Å². The molecule has 1 fully saturated rings. The van der Waals surface area contributed by atoms with Gasteiger partial charge in [0, 0.05) is 33.7 Å². The smallest absolute Gasteiger partial charge is 0.353 e. The lowest BCUT2D eigenvalue weighted by molar-refractivity contribution is -0.161. The highest BCUT2D eigenvalue weighted by Crippen LogP contribution is 2.47. The van der Waals surface area contributed by atoms with E-state index in [-0.39, 0.29) is 17.6 Å². The van der Waals surface area contributed by atoms with Crippen molar-refractivity contribution in [2.45, 2.75) is 30.4 Å². The molecule has 2 N–H and O–H groups in total. The average Bonchev–Trinajstić information content (AvgIpc) is 2.82. The Labute approximate surface area is 142 Å². The van der Waals surface area contributed by atoms with Crippen LogP contribution in [0.3, 0.4) is 0 Å². The number of carboxylic acid groups (broad SMARTS) is 1. The summed E-state index contributed by atoms with van der Waals surface area (Å²) in [6.45, 7) is 1.57. The maximum absolute atomic E-state index is 12.1. The van der Waals surface area contributed by atoms with Gasteiger partial charge in [-0.25, -0.2) is 4.79 Å². The number of amides is 1. The zero-order valence-corrected chi connectivity index (χ0v) is 14.0. The number of carbonyl (C=O) groups excluding carboxylic acids is 1. The second-order valence-electron chi connectivity index (χ2n) is 5.41. The minimum absolute atomic E-state index is 0.0808. The second kappa shape index (κ2) is 6.54. The number of carbonyl (C=O) groups is 2. The van der Waals surface area contributed by atoms with E-state index < -0.39 is 18.0 Å². The lowest BCUT2D eigenvalue weighted by Crippen LogP contribution is -2.61. The monoisotopic (exact) mass is 352 g/mol. The third kappa shape index (κ3) is 2.98. The van der Waals surface area contributed by atoms with Gasteiger partial charge in [-0.1, -0.05) is 0 Å². The van der Waals surface area contributed by atoms with Crippen molar-refractivity contribution < 1.29 is 19.8 Å². The van der Waals surface area contributed by atoms with Gasteiger partial charge in [0.25, 0.3) is 0 Å². The van der Waals surface area contributed by atoms with Gasteiger partial charge in [-0.15, -0.1) is 23.5 Å². The Kier molecular flexibility index (Phi) is 4.65. The van der Waals surface area contributed by atoms with Crippen molar-refractivity contribution in [1.82, 2.24) is 9.88 Å². The standard InChI is InChI=1S/C15H16N2O4S2/c1-8(18)12-10-6-11(13(15(20)21)17(10)14(12)19)23-7-22-9-2-4-16-5-3-9/h2-5,8,10,12,18H,6-7H2,1H3,(H,20,21)/t8-,10-,12-/m1/s1. The fraction of sp³-hybridized carbons (Fsp3) is 0.400. The normalized spacial score (nSPS) is 24.4. The molecule has 0 radical (unpaired) electrons. The number of fused-ring (bicyclic) bond motifs is 1. The van der Waals surface area contributed by atoms with Crippen molar-refractivity contribution in [3.05, 3.63) is 35.1 Å². The molecule has 122 valence electrons. The molecule has 6 nitrogen and oxygen atoms in total. The Morgan fingerprint density at radius 1 is 1.43 bits per heavy atom. The number of hydrogen-bond donors (Lipinski definition) is 2. The number of rotatable bonds is 6. The predicted molar refractivity (Wildman–Crippen MR) is 87.6 cm³/mol. The molecule has 1 amide bonds. The highest BCUT2D eigenvalue weighted by atomic mass is 32.2. The van der Waals surface area contributed by atoms with Crippen molar-refractivity contribution >= 4 is 35.4 Å². The van der Waals surface area contributed by atoms with Crippen LogP contribution in [-0.2, 0) is 9.59 Å². The first-order valence-corrected chi connectivity index (χ1v) is 9.11. The molecule has 0 unspecified atom stereocenters. The van der Waals surface area contributed by atoms with Crippen LogP contribution in [0.4, 0.5) is 0 Å². The maximum atomic E-state index is 12.1. The third-order valence-corrected chi connectivity index (χ3v) is 6.26. The number of carboxylic acids is 1. The number of aliphatic carboxylic acids is 1. The van der Waals surface area contributed by atoms with Crippen LogP contribution >= 0.6 is 23.5 Å². The summed E-state index contributed by atoms with van der Waals surface area (Å²) in [5.41, 5.74) is 0.0808. The van der Waals surface area contributed by atoms with E-state index in [0.29, 0.717) is 16.4 Å². The number of nitrogens with zero attached hydrogens (tertiary/aromatic N) is 2. The lowest BCUT2D eigenvalue weighted by Gasteiger charge is -2.44. The van der Waals surface area contributed by atoms with E-state index in [0.717, 1.165) is 4.90 Å². The van der Waals surface area contributed by atoms with Gasteiger partial charge in [0.2, 0.25) is 5.91 Å². The highest BCUT2D eigenvalue weighted by molar-refractivity contribution is 8.17. The number of hydrogen-bond acceptors (Lipinski definition) is 6. The van der Waals surface area contributed by atoms with E-state index >= 15 is 0 Å².